The number of rotatable bonds is 6. The van der Waals surface area contributed by atoms with E-state index in [-0.39, 0.29) is 30.8 Å². The minimum Gasteiger partial charge on any atom is -0.366 e. The Balaban J connectivity index is 0. The first-order chi connectivity index (χ1) is 9.62. The van der Waals surface area contributed by atoms with E-state index >= 15 is 0 Å². The van der Waals surface area contributed by atoms with Crippen LogP contribution in [0.3, 0.4) is 0 Å². The summed E-state index contributed by atoms with van der Waals surface area (Å²) >= 11 is 0. The number of primary amides is 1. The molecule has 0 radical (unpaired) electrons. The van der Waals surface area contributed by atoms with Crippen molar-refractivity contribution in [1.82, 2.24) is 17.4 Å². The fourth-order valence-electron chi connectivity index (χ4n) is 1.80. The van der Waals surface area contributed by atoms with Gasteiger partial charge < -0.3 is 27.8 Å². The highest BCUT2D eigenvalue weighted by Crippen LogP contribution is 2.53. The van der Waals surface area contributed by atoms with E-state index in [4.69, 9.17) is 5.73 Å². The Hall–Kier alpha value is -1.81. The molecule has 1 aromatic rings. The lowest BCUT2D eigenvalue weighted by Crippen LogP contribution is -2.26. The van der Waals surface area contributed by atoms with Crippen LogP contribution in [0.4, 0.5) is 0 Å². The summed E-state index contributed by atoms with van der Waals surface area (Å²) in [4.78, 5) is 40.6. The first-order valence-corrected chi connectivity index (χ1v) is 7.73. The molecule has 0 aliphatic rings. The SMILES string of the molecule is CC(=O)N(O)CCC(c1ccc(C(N)=O)cc1)P(=O)(O)O.N.N. The second kappa shape index (κ2) is 9.36. The predicted octanol–water partition coefficient (Wildman–Crippen LogP) is 0.956. The molecule has 0 fully saturated rings. The molecule has 0 heterocycles. The van der Waals surface area contributed by atoms with Gasteiger partial charge in [0.15, 0.2) is 0 Å². The Morgan fingerprint density at radius 2 is 1.70 bits per heavy atom. The van der Waals surface area contributed by atoms with E-state index in [1.165, 1.54) is 24.3 Å². The van der Waals surface area contributed by atoms with Crippen LogP contribution >= 0.6 is 7.60 Å². The lowest BCUT2D eigenvalue weighted by atomic mass is 10.1. The van der Waals surface area contributed by atoms with Crippen molar-refractivity contribution in [3.63, 3.8) is 0 Å². The van der Waals surface area contributed by atoms with Crippen molar-refractivity contribution < 1.29 is 29.1 Å². The second-order valence-electron chi connectivity index (χ2n) is 4.52. The molecule has 1 atom stereocenters. The van der Waals surface area contributed by atoms with Crippen LogP contribution in [-0.4, -0.2) is 38.4 Å². The van der Waals surface area contributed by atoms with Gasteiger partial charge in [-0.05, 0) is 24.1 Å². The van der Waals surface area contributed by atoms with E-state index in [1.54, 1.807) is 0 Å². The number of carbonyl (C=O) groups is 2. The third-order valence-electron chi connectivity index (χ3n) is 2.96. The summed E-state index contributed by atoms with van der Waals surface area (Å²) in [7, 11) is -4.49. The van der Waals surface area contributed by atoms with Gasteiger partial charge in [0.25, 0.3) is 0 Å². The van der Waals surface area contributed by atoms with Crippen LogP contribution in [0.2, 0.25) is 0 Å². The van der Waals surface area contributed by atoms with E-state index in [0.717, 1.165) is 6.92 Å². The molecule has 0 saturated heterocycles. The molecule has 0 bridgehead atoms. The largest absolute Gasteiger partial charge is 0.366 e. The molecule has 0 saturated carbocycles. The number of hydrogen-bond acceptors (Lipinski definition) is 6. The Labute approximate surface area is 133 Å². The Morgan fingerprint density at radius 3 is 2.04 bits per heavy atom. The zero-order valence-corrected chi connectivity index (χ0v) is 13.6. The molecule has 0 spiro atoms. The zero-order valence-electron chi connectivity index (χ0n) is 12.8. The standard InChI is InChI=1S/C12H17N2O6P.2H3N/c1-8(15)14(17)7-6-11(21(18,19)20)9-2-4-10(5-3-9)12(13)16;;/h2-5,11,17H,6-7H2,1H3,(H2,13,16)(H2,18,19,20);2*1H3. The normalized spacial score (nSPS) is 11.7. The van der Waals surface area contributed by atoms with Gasteiger partial charge in [-0.15, -0.1) is 0 Å². The number of benzene rings is 1. The van der Waals surface area contributed by atoms with Gasteiger partial charge in [0.1, 0.15) is 0 Å². The lowest BCUT2D eigenvalue weighted by Gasteiger charge is -2.21. The second-order valence-corrected chi connectivity index (χ2v) is 6.32. The number of nitrogens with zero attached hydrogens (tertiary/aromatic N) is 1. The summed E-state index contributed by atoms with van der Waals surface area (Å²) in [5, 5.41) is 9.66. The molecule has 0 aromatic heterocycles. The molecule has 11 N–H and O–H groups in total. The maximum Gasteiger partial charge on any atom is 0.333 e. The maximum absolute atomic E-state index is 11.6. The molecule has 0 aliphatic heterocycles. The monoisotopic (exact) mass is 350 g/mol. The maximum atomic E-state index is 11.6. The van der Waals surface area contributed by atoms with Crippen LogP contribution in [0.5, 0.6) is 0 Å². The van der Waals surface area contributed by atoms with Crippen molar-refractivity contribution in [3.05, 3.63) is 35.4 Å². The molecule has 1 unspecified atom stereocenters. The highest BCUT2D eigenvalue weighted by molar-refractivity contribution is 7.52. The van der Waals surface area contributed by atoms with Crippen LogP contribution in [-0.2, 0) is 9.36 Å². The van der Waals surface area contributed by atoms with Gasteiger partial charge >= 0.3 is 7.60 Å². The predicted molar refractivity (Wildman–Crippen MR) is 83.6 cm³/mol. The summed E-state index contributed by atoms with van der Waals surface area (Å²) in [5.74, 6) is -1.27. The Morgan fingerprint density at radius 1 is 1.22 bits per heavy atom. The third-order valence-corrected chi connectivity index (χ3v) is 4.33. The molecular weight excluding hydrogens is 327 g/mol. The average molecular weight is 350 g/mol. The quantitative estimate of drug-likeness (QED) is 0.246. The van der Waals surface area contributed by atoms with Crippen LogP contribution in [0.25, 0.3) is 0 Å². The first-order valence-electron chi connectivity index (χ1n) is 6.05. The topological polar surface area (TPSA) is 211 Å². The highest BCUT2D eigenvalue weighted by atomic mass is 31.2. The van der Waals surface area contributed by atoms with Gasteiger partial charge in [-0.3, -0.25) is 19.4 Å². The summed E-state index contributed by atoms with van der Waals surface area (Å²) < 4.78 is 11.6. The fourth-order valence-corrected chi connectivity index (χ4v) is 2.81. The number of nitrogens with two attached hydrogens (primary N) is 1. The minimum absolute atomic E-state index is 0. The zero-order chi connectivity index (χ0) is 16.2. The molecule has 23 heavy (non-hydrogen) atoms. The minimum atomic E-state index is -4.49. The van der Waals surface area contributed by atoms with Gasteiger partial charge in [0.05, 0.1) is 5.66 Å². The fraction of sp³-hybridized carbons (Fsp3) is 0.333. The van der Waals surface area contributed by atoms with Gasteiger partial charge in [-0.2, -0.15) is 0 Å². The number of hydroxylamine groups is 2. The van der Waals surface area contributed by atoms with Crippen LogP contribution in [0.1, 0.15) is 34.9 Å². The van der Waals surface area contributed by atoms with Crippen molar-refractivity contribution in [2.24, 2.45) is 5.73 Å². The highest BCUT2D eigenvalue weighted by Gasteiger charge is 2.30. The van der Waals surface area contributed by atoms with E-state index < -0.39 is 25.1 Å². The molecule has 1 aromatic carbocycles. The summed E-state index contributed by atoms with van der Waals surface area (Å²) in [6.07, 6.45) is -0.129. The van der Waals surface area contributed by atoms with Crippen LogP contribution in [0.15, 0.2) is 24.3 Å². The molecule has 132 valence electrons. The molecule has 10 nitrogen and oxygen atoms in total. The molecule has 11 heteroatoms. The Bertz CT molecular complexity index is 573. The molecule has 0 aliphatic carbocycles. The number of hydrogen-bond donors (Lipinski definition) is 6. The van der Waals surface area contributed by atoms with Gasteiger partial charge in [-0.25, -0.2) is 5.06 Å². The van der Waals surface area contributed by atoms with Crippen molar-refractivity contribution >= 4 is 19.4 Å². The summed E-state index contributed by atoms with van der Waals surface area (Å²) in [5.41, 5.74) is 4.42. The van der Waals surface area contributed by atoms with E-state index in [2.05, 4.69) is 0 Å². The van der Waals surface area contributed by atoms with Gasteiger partial charge in [0, 0.05) is 19.0 Å². The smallest absolute Gasteiger partial charge is 0.333 e. The molecule has 1 rings (SSSR count). The lowest BCUT2D eigenvalue weighted by molar-refractivity contribution is -0.162. The summed E-state index contributed by atoms with van der Waals surface area (Å²) in [6.45, 7) is 0.914. The van der Waals surface area contributed by atoms with Crippen molar-refractivity contribution in [1.29, 1.82) is 0 Å². The van der Waals surface area contributed by atoms with Gasteiger partial charge in [0.2, 0.25) is 11.8 Å². The van der Waals surface area contributed by atoms with E-state index in [9.17, 15) is 29.1 Å². The molecule has 2 amide bonds. The number of amides is 2. The van der Waals surface area contributed by atoms with E-state index in [1.807, 2.05) is 0 Å². The van der Waals surface area contributed by atoms with E-state index in [0.29, 0.717) is 10.6 Å². The molecular formula is C12H23N4O6P. The number of carbonyl (C=O) groups excluding carboxylic acids is 2. The van der Waals surface area contributed by atoms with Crippen molar-refractivity contribution in [2.75, 3.05) is 6.54 Å². The third kappa shape index (κ3) is 6.87. The van der Waals surface area contributed by atoms with Gasteiger partial charge in [-0.1, -0.05) is 12.1 Å². The van der Waals surface area contributed by atoms with Crippen LogP contribution < -0.4 is 18.0 Å². The average Bonchev–Trinajstić information content (AvgIpc) is 2.37. The summed E-state index contributed by atoms with van der Waals surface area (Å²) in [6, 6.07) is 5.50. The first kappa shape index (κ1) is 23.5. The Kier molecular flexibility index (Phi) is 9.54. The van der Waals surface area contributed by atoms with Crippen molar-refractivity contribution in [3.8, 4) is 0 Å². The van der Waals surface area contributed by atoms with Crippen LogP contribution in [0, 0.1) is 0 Å². The van der Waals surface area contributed by atoms with Crippen molar-refractivity contribution in [2.45, 2.75) is 19.0 Å².